The maximum Gasteiger partial charge on any atom is 0.0426 e. The number of benzene rings is 1. The Hall–Kier alpha value is -1.55. The molecule has 5 nitrogen and oxygen atoms in total. The molecule has 1 unspecified atom stereocenters. The summed E-state index contributed by atoms with van der Waals surface area (Å²) >= 11 is 0. The van der Waals surface area contributed by atoms with Crippen LogP contribution < -0.4 is 0 Å². The zero-order valence-electron chi connectivity index (χ0n) is 10.7. The van der Waals surface area contributed by atoms with Crippen LogP contribution in [-0.2, 0) is 6.54 Å². The van der Waals surface area contributed by atoms with Crippen molar-refractivity contribution in [1.29, 1.82) is 0 Å². The second kappa shape index (κ2) is 6.40. The van der Waals surface area contributed by atoms with E-state index < -0.39 is 0 Å². The molecule has 1 aliphatic rings. The van der Waals surface area contributed by atoms with Gasteiger partial charge in [-0.3, -0.25) is 4.90 Å². The van der Waals surface area contributed by atoms with Crippen molar-refractivity contribution >= 4 is 0 Å². The predicted molar refractivity (Wildman–Crippen MR) is 72.2 cm³/mol. The highest BCUT2D eigenvalue weighted by atomic mass is 15.3. The lowest BCUT2D eigenvalue weighted by Crippen LogP contribution is -2.52. The minimum atomic E-state index is 0.319. The molecule has 1 heterocycles. The molecule has 1 aromatic rings. The van der Waals surface area contributed by atoms with E-state index in [2.05, 4.69) is 51.1 Å². The number of piperazine rings is 1. The van der Waals surface area contributed by atoms with Gasteiger partial charge in [-0.05, 0) is 18.1 Å². The molecule has 1 atom stereocenters. The normalized spacial score (nSPS) is 21.5. The number of hydrogen-bond acceptors (Lipinski definition) is 3. The molecule has 5 heteroatoms. The van der Waals surface area contributed by atoms with Gasteiger partial charge in [-0.1, -0.05) is 35.4 Å². The summed E-state index contributed by atoms with van der Waals surface area (Å²) in [7, 11) is 2.11. The van der Waals surface area contributed by atoms with Crippen LogP contribution in [0.2, 0.25) is 0 Å². The predicted octanol–water partition coefficient (Wildman–Crippen LogP) is 2.11. The lowest BCUT2D eigenvalue weighted by Gasteiger charge is -2.39. The van der Waals surface area contributed by atoms with E-state index in [4.69, 9.17) is 5.53 Å². The van der Waals surface area contributed by atoms with Crippen LogP contribution in [0.4, 0.5) is 0 Å². The first kappa shape index (κ1) is 12.9. The third-order valence-corrected chi connectivity index (χ3v) is 3.39. The topological polar surface area (TPSA) is 55.2 Å². The fourth-order valence-corrected chi connectivity index (χ4v) is 2.38. The second-order valence-electron chi connectivity index (χ2n) is 4.79. The standard InChI is InChI=1S/C13H19N5/c1-17-7-8-18(13(11-17)9-15-16-14)10-12-5-3-2-4-6-12/h2-6,13H,7-11H2,1H3. The van der Waals surface area contributed by atoms with Crippen LogP contribution in [0.1, 0.15) is 5.56 Å². The quantitative estimate of drug-likeness (QED) is 0.463. The van der Waals surface area contributed by atoms with Crippen LogP contribution in [0.15, 0.2) is 35.4 Å². The number of nitrogens with zero attached hydrogens (tertiary/aromatic N) is 5. The Morgan fingerprint density at radius 2 is 2.11 bits per heavy atom. The SMILES string of the molecule is CN1CCN(Cc2ccccc2)C(CN=[N+]=[N-])C1. The Labute approximate surface area is 108 Å². The first-order chi connectivity index (χ1) is 8.79. The van der Waals surface area contributed by atoms with E-state index in [1.54, 1.807) is 0 Å². The van der Waals surface area contributed by atoms with Gasteiger partial charge in [0.1, 0.15) is 0 Å². The zero-order chi connectivity index (χ0) is 12.8. The number of likely N-dealkylation sites (N-methyl/N-ethyl adjacent to an activating group) is 1. The van der Waals surface area contributed by atoms with Gasteiger partial charge in [0.05, 0.1) is 0 Å². The van der Waals surface area contributed by atoms with E-state index >= 15 is 0 Å². The molecule has 96 valence electrons. The Morgan fingerprint density at radius 1 is 1.33 bits per heavy atom. The van der Waals surface area contributed by atoms with E-state index in [1.807, 2.05) is 6.07 Å². The Balaban J connectivity index is 2.01. The van der Waals surface area contributed by atoms with Gasteiger partial charge < -0.3 is 4.90 Å². The van der Waals surface area contributed by atoms with Crippen LogP contribution in [0, 0.1) is 0 Å². The molecular formula is C13H19N5. The van der Waals surface area contributed by atoms with E-state index in [0.29, 0.717) is 12.6 Å². The number of hydrogen-bond donors (Lipinski definition) is 0. The lowest BCUT2D eigenvalue weighted by molar-refractivity contribution is 0.0881. The average molecular weight is 245 g/mol. The van der Waals surface area contributed by atoms with Crippen molar-refractivity contribution in [2.45, 2.75) is 12.6 Å². The molecule has 1 saturated heterocycles. The monoisotopic (exact) mass is 245 g/mol. The molecule has 0 aromatic heterocycles. The van der Waals surface area contributed by atoms with Crippen molar-refractivity contribution in [2.24, 2.45) is 5.11 Å². The minimum Gasteiger partial charge on any atom is -0.304 e. The summed E-state index contributed by atoms with van der Waals surface area (Å²) < 4.78 is 0. The smallest absolute Gasteiger partial charge is 0.0426 e. The minimum absolute atomic E-state index is 0.319. The largest absolute Gasteiger partial charge is 0.304 e. The number of rotatable bonds is 4. The van der Waals surface area contributed by atoms with E-state index in [-0.39, 0.29) is 0 Å². The fourth-order valence-electron chi connectivity index (χ4n) is 2.38. The molecule has 18 heavy (non-hydrogen) atoms. The maximum absolute atomic E-state index is 8.47. The fraction of sp³-hybridized carbons (Fsp3) is 0.538. The van der Waals surface area contributed by atoms with E-state index in [9.17, 15) is 0 Å². The molecule has 1 aliphatic heterocycles. The van der Waals surface area contributed by atoms with Gasteiger partial charge in [-0.15, -0.1) is 0 Å². The van der Waals surface area contributed by atoms with Crippen LogP contribution in [-0.4, -0.2) is 49.1 Å². The molecule has 0 radical (unpaired) electrons. The summed E-state index contributed by atoms with van der Waals surface area (Å²) in [6, 6.07) is 10.8. The first-order valence-corrected chi connectivity index (χ1v) is 6.27. The van der Waals surface area contributed by atoms with Gasteiger partial charge in [-0.2, -0.15) is 0 Å². The van der Waals surface area contributed by atoms with Gasteiger partial charge in [0.25, 0.3) is 0 Å². The average Bonchev–Trinajstić information content (AvgIpc) is 2.40. The van der Waals surface area contributed by atoms with Crippen LogP contribution in [0.5, 0.6) is 0 Å². The molecule has 0 N–H and O–H groups in total. The summed E-state index contributed by atoms with van der Waals surface area (Å²) in [6.45, 7) is 4.54. The van der Waals surface area contributed by atoms with Gasteiger partial charge in [0.15, 0.2) is 0 Å². The van der Waals surface area contributed by atoms with Crippen molar-refractivity contribution in [3.63, 3.8) is 0 Å². The van der Waals surface area contributed by atoms with Gasteiger partial charge in [0, 0.05) is 43.7 Å². The zero-order valence-corrected chi connectivity index (χ0v) is 10.7. The van der Waals surface area contributed by atoms with E-state index in [1.165, 1.54) is 5.56 Å². The maximum atomic E-state index is 8.47. The highest BCUT2D eigenvalue weighted by Crippen LogP contribution is 2.13. The molecule has 0 amide bonds. The lowest BCUT2D eigenvalue weighted by atomic mass is 10.1. The van der Waals surface area contributed by atoms with Crippen molar-refractivity contribution in [1.82, 2.24) is 9.80 Å². The summed E-state index contributed by atoms with van der Waals surface area (Å²) in [5, 5.41) is 3.73. The van der Waals surface area contributed by atoms with Crippen molar-refractivity contribution < 1.29 is 0 Å². The highest BCUT2D eigenvalue weighted by Gasteiger charge is 2.24. The van der Waals surface area contributed by atoms with Crippen molar-refractivity contribution in [3.8, 4) is 0 Å². The third kappa shape index (κ3) is 3.47. The molecule has 1 aromatic carbocycles. The summed E-state index contributed by atoms with van der Waals surface area (Å²) in [5.74, 6) is 0. The first-order valence-electron chi connectivity index (χ1n) is 6.27. The van der Waals surface area contributed by atoms with Gasteiger partial charge >= 0.3 is 0 Å². The molecule has 0 aliphatic carbocycles. The molecule has 2 rings (SSSR count). The van der Waals surface area contributed by atoms with E-state index in [0.717, 1.165) is 26.2 Å². The summed E-state index contributed by atoms with van der Waals surface area (Å²) in [6.07, 6.45) is 0. The van der Waals surface area contributed by atoms with Crippen LogP contribution in [0.3, 0.4) is 0 Å². The van der Waals surface area contributed by atoms with Crippen LogP contribution in [0.25, 0.3) is 10.4 Å². The van der Waals surface area contributed by atoms with Crippen molar-refractivity contribution in [3.05, 3.63) is 46.3 Å². The van der Waals surface area contributed by atoms with Crippen molar-refractivity contribution in [2.75, 3.05) is 33.2 Å². The Bertz CT molecular complexity index is 413. The summed E-state index contributed by atoms with van der Waals surface area (Å²) in [4.78, 5) is 7.57. The second-order valence-corrected chi connectivity index (χ2v) is 4.79. The van der Waals surface area contributed by atoms with Gasteiger partial charge in [-0.25, -0.2) is 0 Å². The molecule has 1 fully saturated rings. The number of azide groups is 1. The molecule has 0 spiro atoms. The highest BCUT2D eigenvalue weighted by molar-refractivity contribution is 5.14. The Kier molecular flexibility index (Phi) is 4.59. The molecule has 0 saturated carbocycles. The third-order valence-electron chi connectivity index (χ3n) is 3.39. The van der Waals surface area contributed by atoms with Gasteiger partial charge in [0.2, 0.25) is 0 Å². The molecule has 0 bridgehead atoms. The van der Waals surface area contributed by atoms with Crippen LogP contribution >= 0.6 is 0 Å². The molecular weight excluding hydrogens is 226 g/mol. The Morgan fingerprint density at radius 3 is 2.83 bits per heavy atom. The summed E-state index contributed by atoms with van der Waals surface area (Å²) in [5.41, 5.74) is 9.78.